The second kappa shape index (κ2) is 6.01. The molecule has 1 nitrogen and oxygen atoms in total. The molecule has 0 N–H and O–H groups in total. The molecule has 0 heterocycles. The van der Waals surface area contributed by atoms with Crippen LogP contribution in [0.2, 0.25) is 0 Å². The van der Waals surface area contributed by atoms with E-state index in [1.807, 2.05) is 0 Å². The molecule has 0 radical (unpaired) electrons. The summed E-state index contributed by atoms with van der Waals surface area (Å²) in [5.41, 5.74) is 2.50. The molecule has 0 atom stereocenters. The van der Waals surface area contributed by atoms with Crippen LogP contribution < -0.4 is 0 Å². The third-order valence-electron chi connectivity index (χ3n) is 1.81. The van der Waals surface area contributed by atoms with Gasteiger partial charge in [0, 0.05) is 12.5 Å². The number of benzene rings is 1. The molecule has 0 unspecified atom stereocenters. The van der Waals surface area contributed by atoms with Crippen LogP contribution in [0, 0.1) is 6.92 Å². The Balaban J connectivity index is 2.25. The molecule has 0 aliphatic heterocycles. The van der Waals surface area contributed by atoms with E-state index in [1.165, 1.54) is 11.1 Å². The smallest absolute Gasteiger partial charge is 0.0716 e. The minimum absolute atomic E-state index is 0.675. The van der Waals surface area contributed by atoms with Crippen molar-refractivity contribution in [2.24, 2.45) is 0 Å². The fourth-order valence-corrected chi connectivity index (χ4v) is 1.14. The van der Waals surface area contributed by atoms with Crippen LogP contribution in [0.5, 0.6) is 0 Å². The van der Waals surface area contributed by atoms with E-state index in [-0.39, 0.29) is 0 Å². The fourth-order valence-electron chi connectivity index (χ4n) is 1.03. The first-order valence-electron chi connectivity index (χ1n) is 4.52. The van der Waals surface area contributed by atoms with Crippen molar-refractivity contribution < 1.29 is 4.74 Å². The maximum atomic E-state index is 5.52. The Hall–Kier alpha value is -0.530. The summed E-state index contributed by atoms with van der Waals surface area (Å²) in [4.78, 5) is 0. The van der Waals surface area contributed by atoms with Gasteiger partial charge >= 0.3 is 0 Å². The summed E-state index contributed by atoms with van der Waals surface area (Å²) in [6.07, 6.45) is 0.924. The lowest BCUT2D eigenvalue weighted by Crippen LogP contribution is -1.95. The Morgan fingerprint density at radius 2 is 1.92 bits per heavy atom. The molecule has 1 rings (SSSR count). The van der Waals surface area contributed by atoms with Crippen LogP contribution in [-0.4, -0.2) is 12.5 Å². The lowest BCUT2D eigenvalue weighted by Gasteiger charge is -2.03. The largest absolute Gasteiger partial charge is 0.377 e. The number of ether oxygens (including phenoxy) is 1. The molecule has 0 bridgehead atoms. The first-order valence-corrected chi connectivity index (χ1v) is 5.05. The molecule has 0 fully saturated rings. The molecule has 1 aromatic rings. The minimum Gasteiger partial charge on any atom is -0.377 e. The summed E-state index contributed by atoms with van der Waals surface area (Å²) in [5, 5.41) is 0. The summed E-state index contributed by atoms with van der Waals surface area (Å²) < 4.78 is 5.42. The Morgan fingerprint density at radius 1 is 1.23 bits per heavy atom. The van der Waals surface area contributed by atoms with Crippen LogP contribution in [0.4, 0.5) is 0 Å². The Bertz CT molecular complexity index is 230. The summed E-state index contributed by atoms with van der Waals surface area (Å²) in [7, 11) is 0. The Labute approximate surface area is 84.7 Å². The highest BCUT2D eigenvalue weighted by atomic mass is 35.5. The first-order chi connectivity index (χ1) is 6.33. The highest BCUT2D eigenvalue weighted by molar-refractivity contribution is 6.17. The monoisotopic (exact) mass is 198 g/mol. The zero-order valence-electron chi connectivity index (χ0n) is 7.92. The molecule has 0 aromatic heterocycles. The molecule has 72 valence electrons. The number of halogens is 1. The summed E-state index contributed by atoms with van der Waals surface area (Å²) in [5.74, 6) is 0.675. The number of rotatable bonds is 5. The minimum atomic E-state index is 0.675. The van der Waals surface area contributed by atoms with Gasteiger partial charge in [-0.25, -0.2) is 0 Å². The maximum Gasteiger partial charge on any atom is 0.0716 e. The van der Waals surface area contributed by atoms with E-state index in [2.05, 4.69) is 31.2 Å². The topological polar surface area (TPSA) is 9.23 Å². The van der Waals surface area contributed by atoms with E-state index >= 15 is 0 Å². The molecule has 0 spiro atoms. The van der Waals surface area contributed by atoms with Crippen LogP contribution in [0.1, 0.15) is 17.5 Å². The van der Waals surface area contributed by atoms with Crippen molar-refractivity contribution in [1.29, 1.82) is 0 Å². The van der Waals surface area contributed by atoms with Crippen molar-refractivity contribution in [3.63, 3.8) is 0 Å². The van der Waals surface area contributed by atoms with Gasteiger partial charge in [-0.05, 0) is 18.9 Å². The molecule has 0 amide bonds. The average Bonchev–Trinajstić information content (AvgIpc) is 2.15. The Morgan fingerprint density at radius 3 is 2.54 bits per heavy atom. The molecule has 1 aromatic carbocycles. The normalized spacial score (nSPS) is 10.3. The van der Waals surface area contributed by atoms with Gasteiger partial charge in [0.25, 0.3) is 0 Å². The standard InChI is InChI=1S/C11H15ClO/c1-10-3-5-11(6-4-10)9-13-8-2-7-12/h3-6H,2,7-9H2,1H3. The summed E-state index contributed by atoms with van der Waals surface area (Å²) in [6.45, 7) is 3.52. The van der Waals surface area contributed by atoms with Gasteiger partial charge in [0.1, 0.15) is 0 Å². The van der Waals surface area contributed by atoms with Crippen molar-refractivity contribution in [2.45, 2.75) is 20.0 Å². The molecule has 0 aliphatic carbocycles. The Kier molecular flexibility index (Phi) is 4.87. The SMILES string of the molecule is Cc1ccc(COCCCCl)cc1. The van der Waals surface area contributed by atoms with Crippen molar-refractivity contribution in [1.82, 2.24) is 0 Å². The second-order valence-corrected chi connectivity index (χ2v) is 3.46. The number of alkyl halides is 1. The molecule has 0 saturated carbocycles. The predicted molar refractivity (Wildman–Crippen MR) is 56.2 cm³/mol. The number of hydrogen-bond acceptors (Lipinski definition) is 1. The van der Waals surface area contributed by atoms with E-state index in [0.29, 0.717) is 12.5 Å². The van der Waals surface area contributed by atoms with E-state index < -0.39 is 0 Å². The van der Waals surface area contributed by atoms with Gasteiger partial charge in [0.2, 0.25) is 0 Å². The van der Waals surface area contributed by atoms with Gasteiger partial charge < -0.3 is 4.74 Å². The van der Waals surface area contributed by atoms with Crippen LogP contribution in [0.3, 0.4) is 0 Å². The van der Waals surface area contributed by atoms with E-state index in [1.54, 1.807) is 0 Å². The van der Waals surface area contributed by atoms with E-state index in [0.717, 1.165) is 13.0 Å². The second-order valence-electron chi connectivity index (χ2n) is 3.08. The van der Waals surface area contributed by atoms with Crippen molar-refractivity contribution in [3.8, 4) is 0 Å². The third-order valence-corrected chi connectivity index (χ3v) is 2.08. The van der Waals surface area contributed by atoms with Crippen LogP contribution in [-0.2, 0) is 11.3 Å². The molecular weight excluding hydrogens is 184 g/mol. The van der Waals surface area contributed by atoms with Gasteiger partial charge in [-0.1, -0.05) is 29.8 Å². The van der Waals surface area contributed by atoms with Gasteiger partial charge in [-0.15, -0.1) is 11.6 Å². The van der Waals surface area contributed by atoms with Crippen LogP contribution in [0.15, 0.2) is 24.3 Å². The third kappa shape index (κ3) is 4.30. The maximum absolute atomic E-state index is 5.52. The predicted octanol–water partition coefficient (Wildman–Crippen LogP) is 3.14. The van der Waals surface area contributed by atoms with Gasteiger partial charge in [-0.2, -0.15) is 0 Å². The van der Waals surface area contributed by atoms with E-state index in [4.69, 9.17) is 16.3 Å². The zero-order valence-corrected chi connectivity index (χ0v) is 8.68. The molecule has 0 saturated heterocycles. The van der Waals surface area contributed by atoms with Gasteiger partial charge in [-0.3, -0.25) is 0 Å². The van der Waals surface area contributed by atoms with Gasteiger partial charge in [0.15, 0.2) is 0 Å². The lowest BCUT2D eigenvalue weighted by atomic mass is 10.2. The summed E-state index contributed by atoms with van der Waals surface area (Å²) >= 11 is 5.52. The van der Waals surface area contributed by atoms with Crippen LogP contribution in [0.25, 0.3) is 0 Å². The number of aryl methyl sites for hydroxylation is 1. The highest BCUT2D eigenvalue weighted by Gasteiger charge is 1.92. The molecule has 2 heteroatoms. The number of hydrogen-bond donors (Lipinski definition) is 0. The quantitative estimate of drug-likeness (QED) is 0.522. The first kappa shape index (κ1) is 10.6. The van der Waals surface area contributed by atoms with Gasteiger partial charge in [0.05, 0.1) is 6.61 Å². The molecular formula is C11H15ClO. The van der Waals surface area contributed by atoms with Crippen LogP contribution >= 0.6 is 11.6 Å². The lowest BCUT2D eigenvalue weighted by molar-refractivity contribution is 0.122. The van der Waals surface area contributed by atoms with E-state index in [9.17, 15) is 0 Å². The van der Waals surface area contributed by atoms with Crippen molar-refractivity contribution in [3.05, 3.63) is 35.4 Å². The fraction of sp³-hybridized carbons (Fsp3) is 0.455. The zero-order chi connectivity index (χ0) is 9.52. The van der Waals surface area contributed by atoms with Crippen molar-refractivity contribution >= 4 is 11.6 Å². The highest BCUT2D eigenvalue weighted by Crippen LogP contribution is 2.04. The molecule has 0 aliphatic rings. The average molecular weight is 199 g/mol. The summed E-state index contributed by atoms with van der Waals surface area (Å²) in [6, 6.07) is 8.38. The molecule has 13 heavy (non-hydrogen) atoms. The van der Waals surface area contributed by atoms with Crippen molar-refractivity contribution in [2.75, 3.05) is 12.5 Å².